The van der Waals surface area contributed by atoms with Crippen molar-refractivity contribution in [2.45, 2.75) is 31.6 Å². The van der Waals surface area contributed by atoms with Crippen molar-refractivity contribution in [1.29, 1.82) is 0 Å². The first-order valence-corrected chi connectivity index (χ1v) is 10.9. The van der Waals surface area contributed by atoms with Crippen LogP contribution in [0, 0.1) is 5.82 Å². The molecule has 1 aromatic rings. The molecule has 1 N–H and O–H groups in total. The minimum Gasteiger partial charge on any atom is -0.357 e. The van der Waals surface area contributed by atoms with Gasteiger partial charge in [-0.3, -0.25) is 4.99 Å². The lowest BCUT2D eigenvalue weighted by Crippen LogP contribution is -2.57. The first-order chi connectivity index (χ1) is 12.6. The van der Waals surface area contributed by atoms with Crippen LogP contribution in [0.25, 0.3) is 0 Å². The lowest BCUT2D eigenvalue weighted by molar-refractivity contribution is 0.302. The van der Waals surface area contributed by atoms with Gasteiger partial charge in [0.1, 0.15) is 5.82 Å². The fourth-order valence-electron chi connectivity index (χ4n) is 3.20. The lowest BCUT2D eigenvalue weighted by atomic mass is 10.1. The summed E-state index contributed by atoms with van der Waals surface area (Å²) >= 11 is 0. The number of likely N-dealkylation sites (N-methyl/N-ethyl adjacent to an activating group) is 1. The molecular formula is C19H32FIN4O2S. The van der Waals surface area contributed by atoms with Crippen molar-refractivity contribution in [3.8, 4) is 0 Å². The zero-order chi connectivity index (χ0) is 20.2. The van der Waals surface area contributed by atoms with Gasteiger partial charge in [-0.25, -0.2) is 12.8 Å². The summed E-state index contributed by atoms with van der Waals surface area (Å²) in [5, 5.41) is 3.26. The molecule has 0 aromatic heterocycles. The lowest BCUT2D eigenvalue weighted by Gasteiger charge is -2.39. The van der Waals surface area contributed by atoms with Crippen LogP contribution in [0.3, 0.4) is 0 Å². The SMILES string of the molecule is CCNC(=NCC(c1cccc(F)c1)N(C)C)N1CCS(=O)(=O)C(C)(C)C1.I. The highest BCUT2D eigenvalue weighted by Crippen LogP contribution is 2.24. The summed E-state index contributed by atoms with van der Waals surface area (Å²) in [7, 11) is 0.769. The van der Waals surface area contributed by atoms with Crippen LogP contribution < -0.4 is 5.32 Å². The molecule has 1 heterocycles. The summed E-state index contributed by atoms with van der Waals surface area (Å²) < 4.78 is 37.4. The smallest absolute Gasteiger partial charge is 0.194 e. The van der Waals surface area contributed by atoms with Crippen LogP contribution in [0.4, 0.5) is 4.39 Å². The van der Waals surface area contributed by atoms with Crippen LogP contribution in [0.5, 0.6) is 0 Å². The molecule has 9 heteroatoms. The number of nitrogens with one attached hydrogen (secondary N) is 1. The van der Waals surface area contributed by atoms with Crippen molar-refractivity contribution in [2.75, 3.05) is 46.0 Å². The van der Waals surface area contributed by atoms with Crippen molar-refractivity contribution in [3.63, 3.8) is 0 Å². The number of sulfone groups is 1. The Labute approximate surface area is 185 Å². The Morgan fingerprint density at radius 1 is 1.39 bits per heavy atom. The summed E-state index contributed by atoms with van der Waals surface area (Å²) in [5.74, 6) is 0.549. The van der Waals surface area contributed by atoms with Gasteiger partial charge in [0.25, 0.3) is 0 Å². The largest absolute Gasteiger partial charge is 0.357 e. The molecular weight excluding hydrogens is 494 g/mol. The van der Waals surface area contributed by atoms with Crippen LogP contribution in [0.15, 0.2) is 29.3 Å². The van der Waals surface area contributed by atoms with E-state index in [0.29, 0.717) is 32.1 Å². The highest BCUT2D eigenvalue weighted by atomic mass is 127. The van der Waals surface area contributed by atoms with Crippen molar-refractivity contribution < 1.29 is 12.8 Å². The van der Waals surface area contributed by atoms with Gasteiger partial charge in [-0.05, 0) is 52.6 Å². The van der Waals surface area contributed by atoms with Crippen molar-refractivity contribution in [2.24, 2.45) is 4.99 Å². The maximum atomic E-state index is 13.6. The van der Waals surface area contributed by atoms with Gasteiger partial charge in [-0.1, -0.05) is 12.1 Å². The molecule has 1 aliphatic heterocycles. The number of halogens is 2. The molecule has 160 valence electrons. The molecule has 1 saturated heterocycles. The van der Waals surface area contributed by atoms with Gasteiger partial charge in [0.2, 0.25) is 0 Å². The summed E-state index contributed by atoms with van der Waals surface area (Å²) in [5.41, 5.74) is 0.862. The Balaban J connectivity index is 0.00000392. The van der Waals surface area contributed by atoms with E-state index in [9.17, 15) is 12.8 Å². The standard InChI is InChI=1S/C19H31FN4O2S.HI/c1-6-21-18(24-10-11-27(25,26)19(2,3)14-24)22-13-17(23(4)5)15-8-7-9-16(20)12-15;/h7-9,12,17H,6,10-11,13-14H2,1-5H3,(H,21,22);1H. The second-order valence-electron chi connectivity index (χ2n) is 7.73. The summed E-state index contributed by atoms with van der Waals surface area (Å²) in [6.45, 7) is 7.45. The molecule has 0 aliphatic carbocycles. The number of hydrogen-bond donors (Lipinski definition) is 1. The Morgan fingerprint density at radius 3 is 2.61 bits per heavy atom. The molecule has 1 aliphatic rings. The van der Waals surface area contributed by atoms with Crippen LogP contribution in [0.2, 0.25) is 0 Å². The fraction of sp³-hybridized carbons (Fsp3) is 0.632. The third kappa shape index (κ3) is 6.03. The fourth-order valence-corrected chi connectivity index (χ4v) is 4.57. The number of nitrogens with zero attached hydrogens (tertiary/aromatic N) is 3. The molecule has 0 radical (unpaired) electrons. The Kier molecular flexibility index (Phi) is 9.14. The predicted octanol–water partition coefficient (Wildman–Crippen LogP) is 2.52. The zero-order valence-electron chi connectivity index (χ0n) is 17.3. The third-order valence-corrected chi connectivity index (χ3v) is 7.48. The Morgan fingerprint density at radius 2 is 2.07 bits per heavy atom. The molecule has 0 saturated carbocycles. The van der Waals surface area contributed by atoms with Crippen molar-refractivity contribution >= 4 is 39.8 Å². The number of hydrogen-bond acceptors (Lipinski definition) is 4. The monoisotopic (exact) mass is 526 g/mol. The number of benzene rings is 1. The number of guanidine groups is 1. The zero-order valence-corrected chi connectivity index (χ0v) is 20.4. The van der Waals surface area contributed by atoms with Gasteiger partial charge in [-0.15, -0.1) is 24.0 Å². The molecule has 1 unspecified atom stereocenters. The second-order valence-corrected chi connectivity index (χ2v) is 10.5. The van der Waals surface area contributed by atoms with E-state index in [1.807, 2.05) is 36.9 Å². The molecule has 0 spiro atoms. The molecule has 2 rings (SSSR count). The molecule has 1 fully saturated rings. The quantitative estimate of drug-likeness (QED) is 0.363. The van der Waals surface area contributed by atoms with Crippen LogP contribution in [0.1, 0.15) is 32.4 Å². The highest BCUT2D eigenvalue weighted by Gasteiger charge is 2.41. The van der Waals surface area contributed by atoms with E-state index in [-0.39, 0.29) is 41.6 Å². The minimum absolute atomic E-state index is 0. The Hall–Kier alpha value is -0.940. The number of rotatable bonds is 5. The molecule has 0 bridgehead atoms. The van der Waals surface area contributed by atoms with E-state index < -0.39 is 14.6 Å². The van der Waals surface area contributed by atoms with E-state index in [1.165, 1.54) is 12.1 Å². The topological polar surface area (TPSA) is 65.0 Å². The first kappa shape index (κ1) is 25.1. The van der Waals surface area contributed by atoms with Gasteiger partial charge in [0, 0.05) is 19.6 Å². The minimum atomic E-state index is -3.11. The van der Waals surface area contributed by atoms with E-state index in [2.05, 4.69) is 5.32 Å². The second kappa shape index (κ2) is 10.2. The van der Waals surface area contributed by atoms with Gasteiger partial charge < -0.3 is 15.1 Å². The van der Waals surface area contributed by atoms with Gasteiger partial charge >= 0.3 is 0 Å². The molecule has 6 nitrogen and oxygen atoms in total. The van der Waals surface area contributed by atoms with Gasteiger partial charge in [-0.2, -0.15) is 0 Å². The molecule has 0 amide bonds. The van der Waals surface area contributed by atoms with E-state index in [4.69, 9.17) is 4.99 Å². The maximum absolute atomic E-state index is 13.6. The molecule has 28 heavy (non-hydrogen) atoms. The van der Waals surface area contributed by atoms with Crippen LogP contribution in [-0.2, 0) is 9.84 Å². The van der Waals surface area contributed by atoms with Crippen molar-refractivity contribution in [3.05, 3.63) is 35.6 Å². The van der Waals surface area contributed by atoms with Crippen LogP contribution in [-0.4, -0.2) is 75.0 Å². The van der Waals surface area contributed by atoms with Gasteiger partial charge in [0.05, 0.1) is 23.1 Å². The first-order valence-electron chi connectivity index (χ1n) is 9.25. The maximum Gasteiger partial charge on any atom is 0.194 e. The summed E-state index contributed by atoms with van der Waals surface area (Å²) in [4.78, 5) is 8.76. The van der Waals surface area contributed by atoms with Crippen molar-refractivity contribution in [1.82, 2.24) is 15.1 Å². The average molecular weight is 526 g/mol. The Bertz CT molecular complexity index is 784. The van der Waals surface area contributed by atoms with Crippen LogP contribution >= 0.6 is 24.0 Å². The summed E-state index contributed by atoms with van der Waals surface area (Å²) in [6, 6.07) is 6.49. The average Bonchev–Trinajstić information content (AvgIpc) is 2.56. The van der Waals surface area contributed by atoms with E-state index >= 15 is 0 Å². The van der Waals surface area contributed by atoms with E-state index in [1.54, 1.807) is 19.9 Å². The highest BCUT2D eigenvalue weighted by molar-refractivity contribution is 14.0. The molecule has 1 aromatic carbocycles. The molecule has 1 atom stereocenters. The van der Waals surface area contributed by atoms with Gasteiger partial charge in [0.15, 0.2) is 15.8 Å². The normalized spacial score (nSPS) is 19.8. The van der Waals surface area contributed by atoms with E-state index in [0.717, 1.165) is 5.56 Å². The third-order valence-electron chi connectivity index (χ3n) is 4.95. The summed E-state index contributed by atoms with van der Waals surface area (Å²) in [6.07, 6.45) is 0. The predicted molar refractivity (Wildman–Crippen MR) is 124 cm³/mol. The number of aliphatic imine (C=N–C) groups is 1.